The second kappa shape index (κ2) is 35.7. The van der Waals surface area contributed by atoms with E-state index in [1.54, 1.807) is 60.6 Å². The first-order valence-corrected chi connectivity index (χ1v) is 30.8. The zero-order valence-electron chi connectivity index (χ0n) is 56.5. The highest BCUT2D eigenvalue weighted by Crippen LogP contribution is 2.26. The number of carbonyl (C=O) groups is 11. The van der Waals surface area contributed by atoms with Crippen LogP contribution in [0.1, 0.15) is 143 Å². The van der Waals surface area contributed by atoms with Gasteiger partial charge in [0.15, 0.2) is 0 Å². The van der Waals surface area contributed by atoms with Crippen LogP contribution in [0.15, 0.2) is 12.2 Å². The van der Waals surface area contributed by atoms with Crippen LogP contribution in [0, 0.1) is 41.4 Å². The number of carbonyl (C=O) groups excluding carboxylic acids is 11. The second-order valence-electron chi connectivity index (χ2n) is 26.2. The minimum Gasteiger partial charge on any atom is -0.396 e. The van der Waals surface area contributed by atoms with Gasteiger partial charge < -0.3 is 70.9 Å². The molecule has 0 saturated carbocycles. The zero-order chi connectivity index (χ0) is 67.6. The van der Waals surface area contributed by atoms with E-state index in [4.69, 9.17) is 0 Å². The molecule has 0 bridgehead atoms. The van der Waals surface area contributed by atoms with Crippen molar-refractivity contribution in [3.8, 4) is 0 Å². The monoisotopic (exact) mass is 1230 g/mol. The maximum absolute atomic E-state index is 15.1. The van der Waals surface area contributed by atoms with Crippen LogP contribution in [0.2, 0.25) is 0 Å². The summed E-state index contributed by atoms with van der Waals surface area (Å²) in [6, 6.07) is -13.5. The van der Waals surface area contributed by atoms with Crippen LogP contribution >= 0.6 is 0 Å². The molecule has 0 radical (unpaired) electrons. The van der Waals surface area contributed by atoms with Crippen molar-refractivity contribution in [3.05, 3.63) is 12.2 Å². The average Bonchev–Trinajstić information content (AvgIpc) is 1.16. The van der Waals surface area contributed by atoms with E-state index >= 15 is 9.59 Å². The van der Waals surface area contributed by atoms with Gasteiger partial charge in [0.25, 0.3) is 0 Å². The summed E-state index contributed by atoms with van der Waals surface area (Å²) in [5.74, 6) is -11.5. The third-order valence-corrected chi connectivity index (χ3v) is 16.3. The van der Waals surface area contributed by atoms with E-state index in [9.17, 15) is 58.5 Å². The molecule has 87 heavy (non-hydrogen) atoms. The van der Waals surface area contributed by atoms with Gasteiger partial charge in [-0.3, -0.25) is 52.7 Å². The molecule has 1 aliphatic heterocycles. The highest BCUT2D eigenvalue weighted by Gasteiger charge is 2.46. The minimum atomic E-state index is -1.78. The lowest BCUT2D eigenvalue weighted by molar-refractivity contribution is -0.157. The van der Waals surface area contributed by atoms with Gasteiger partial charge in [-0.25, -0.2) is 0 Å². The number of aliphatic hydroxyl groups is 3. The zero-order valence-corrected chi connectivity index (χ0v) is 56.5. The first kappa shape index (κ1) is 78.8. The van der Waals surface area contributed by atoms with Crippen molar-refractivity contribution >= 4 is 65.0 Å². The summed E-state index contributed by atoms with van der Waals surface area (Å²) < 4.78 is 0. The Kier molecular flexibility index (Phi) is 32.3. The minimum absolute atomic E-state index is 0.110. The van der Waals surface area contributed by atoms with Gasteiger partial charge >= 0.3 is 0 Å². The Bertz CT molecular complexity index is 2380. The molecule has 1 heterocycles. The molecule has 25 heteroatoms. The van der Waals surface area contributed by atoms with Crippen LogP contribution in [0.5, 0.6) is 0 Å². The van der Waals surface area contributed by atoms with Crippen molar-refractivity contribution in [2.75, 3.05) is 62.5 Å². The molecule has 0 aliphatic carbocycles. The van der Waals surface area contributed by atoms with Crippen LogP contribution in [0.4, 0.5) is 0 Å². The van der Waals surface area contributed by atoms with Gasteiger partial charge in [0, 0.05) is 55.9 Å². The highest BCUT2D eigenvalue weighted by atomic mass is 16.3. The number of hydrogen-bond acceptors (Lipinski definition) is 14. The lowest BCUT2D eigenvalue weighted by atomic mass is 9.91. The van der Waals surface area contributed by atoms with Crippen molar-refractivity contribution in [3.63, 3.8) is 0 Å². The third kappa shape index (κ3) is 22.1. The molecular weight excluding hydrogens is 1120 g/mol. The maximum atomic E-state index is 15.1. The van der Waals surface area contributed by atoms with E-state index in [2.05, 4.69) is 21.3 Å². The Morgan fingerprint density at radius 2 is 0.885 bits per heavy atom. The van der Waals surface area contributed by atoms with Gasteiger partial charge in [-0.15, -0.1) is 0 Å². The molecule has 1 saturated heterocycles. The van der Waals surface area contributed by atoms with Crippen molar-refractivity contribution in [1.29, 1.82) is 0 Å². The van der Waals surface area contributed by atoms with Gasteiger partial charge in [0.1, 0.15) is 60.4 Å². The summed E-state index contributed by atoms with van der Waals surface area (Å²) in [6.45, 7) is 25.8. The van der Waals surface area contributed by atoms with E-state index < -0.39 is 174 Å². The number of aliphatic hydroxyl groups excluding tert-OH is 3. The van der Waals surface area contributed by atoms with E-state index in [1.807, 2.05) is 41.5 Å². The Morgan fingerprint density at radius 3 is 1.34 bits per heavy atom. The SMILES string of the molecule is C/C=C/C[C@@H](C)[C@@H](O)[C@H]1C(=O)N[C@@H]([C@@H](C)O)C(=O)N(C)CC(=O)N(C)[C@@H](CC(C)CO)C(=O)N[C@@H](C(C)C)C(=O)N(C)[C@@H](CC(C)C)C(=O)N[C@@H](C)C(=O)N[C@H](C)C(=O)N(C)[C@@H](CC(C)C)C(=O)N(C)[C@@H](CC(C)C)C(=O)N(C)[C@@H](C(C)C)C(=O)N1C. The summed E-state index contributed by atoms with van der Waals surface area (Å²) in [6.07, 6.45) is 0.753. The molecular formula is C62H111N11O14. The fourth-order valence-corrected chi connectivity index (χ4v) is 10.7. The van der Waals surface area contributed by atoms with Crippen LogP contribution < -0.4 is 21.3 Å². The van der Waals surface area contributed by atoms with Gasteiger partial charge in [0.2, 0.25) is 65.0 Å². The molecule has 498 valence electrons. The molecule has 0 aromatic heterocycles. The highest BCUT2D eigenvalue weighted by molar-refractivity contribution is 5.99. The van der Waals surface area contributed by atoms with Crippen molar-refractivity contribution < 1.29 is 68.1 Å². The Balaban J connectivity index is 4.39. The van der Waals surface area contributed by atoms with E-state index in [0.29, 0.717) is 0 Å². The molecule has 1 fully saturated rings. The Morgan fingerprint density at radius 1 is 0.460 bits per heavy atom. The van der Waals surface area contributed by atoms with Crippen LogP contribution in [0.3, 0.4) is 0 Å². The number of amides is 11. The lowest BCUT2D eigenvalue weighted by Gasteiger charge is -2.41. The number of rotatable bonds is 16. The van der Waals surface area contributed by atoms with Crippen molar-refractivity contribution in [2.45, 2.75) is 216 Å². The largest absolute Gasteiger partial charge is 0.396 e. The number of nitrogens with one attached hydrogen (secondary N) is 4. The number of nitrogens with zero attached hydrogens (tertiary/aromatic N) is 7. The third-order valence-electron chi connectivity index (χ3n) is 16.3. The van der Waals surface area contributed by atoms with Crippen LogP contribution in [-0.4, -0.2) is 250 Å². The molecule has 1 unspecified atom stereocenters. The fourth-order valence-electron chi connectivity index (χ4n) is 10.7. The van der Waals surface area contributed by atoms with Crippen molar-refractivity contribution in [2.24, 2.45) is 41.4 Å². The quantitative estimate of drug-likeness (QED) is 0.107. The van der Waals surface area contributed by atoms with Crippen molar-refractivity contribution in [1.82, 2.24) is 55.6 Å². The molecule has 7 N–H and O–H groups in total. The predicted octanol–water partition coefficient (Wildman–Crippen LogP) is 1.21. The summed E-state index contributed by atoms with van der Waals surface area (Å²) in [7, 11) is 9.46. The molecule has 25 nitrogen and oxygen atoms in total. The van der Waals surface area contributed by atoms with E-state index in [-0.39, 0.29) is 49.9 Å². The molecule has 1 rings (SSSR count). The summed E-state index contributed by atoms with van der Waals surface area (Å²) >= 11 is 0. The smallest absolute Gasteiger partial charge is 0.248 e. The normalized spacial score (nSPS) is 27.3. The first-order valence-electron chi connectivity index (χ1n) is 30.8. The second-order valence-corrected chi connectivity index (χ2v) is 26.2. The Hall–Kier alpha value is -6.21. The number of hydrogen-bond donors (Lipinski definition) is 7. The average molecular weight is 1230 g/mol. The van der Waals surface area contributed by atoms with Gasteiger partial charge in [0.05, 0.1) is 18.8 Å². The van der Waals surface area contributed by atoms with Gasteiger partial charge in [-0.05, 0) is 101 Å². The Labute approximate surface area is 518 Å². The number of allylic oxidation sites excluding steroid dienone is 2. The maximum Gasteiger partial charge on any atom is 0.248 e. The van der Waals surface area contributed by atoms with Gasteiger partial charge in [-0.2, -0.15) is 0 Å². The summed E-state index contributed by atoms with van der Waals surface area (Å²) in [5.41, 5.74) is 0. The van der Waals surface area contributed by atoms with E-state index in [1.165, 1.54) is 89.7 Å². The molecule has 0 aromatic rings. The first-order chi connectivity index (χ1) is 40.1. The van der Waals surface area contributed by atoms with Gasteiger partial charge in [-0.1, -0.05) is 95.2 Å². The standard InChI is InChI=1S/C62H111N11O14/c1-24-25-26-39(13)52(77)51-56(81)66-49(42(16)75)60(85)67(17)31-47(76)68(18)44(30-38(12)32-74)55(80)65-48(36(8)9)61(86)69(19)43(27-33(2)3)54(79)63-40(14)53(78)64-41(15)57(82)70(20)45(28-34(4)5)58(83)71(21)46(29-35(6)7)59(84)72(22)50(37(10)11)62(87)73(51)23/h24-25,33-46,48-52,74-75,77H,26-32H2,1-23H3,(H,63,79)(H,64,78)(H,65,80)(H,66,81)/b25-24+/t38?,39-,40+,41-,42-,43+,44+,45+,46+,48+,49+,50+,51+,52-/m1/s1. The van der Waals surface area contributed by atoms with Crippen LogP contribution in [0.25, 0.3) is 0 Å². The summed E-state index contributed by atoms with van der Waals surface area (Å²) in [4.78, 5) is 168. The molecule has 1 aliphatic rings. The number of likely N-dealkylation sites (N-methyl/N-ethyl adjacent to an activating group) is 7. The molecule has 0 aromatic carbocycles. The fraction of sp³-hybridized carbons (Fsp3) is 0.790. The lowest BCUT2D eigenvalue weighted by Crippen LogP contribution is -2.64. The predicted molar refractivity (Wildman–Crippen MR) is 331 cm³/mol. The summed E-state index contributed by atoms with van der Waals surface area (Å²) in [5, 5.41) is 44.0. The topological polar surface area (TPSA) is 319 Å². The molecule has 14 atom stereocenters. The molecule has 11 amide bonds. The van der Waals surface area contributed by atoms with E-state index in [0.717, 1.165) is 14.7 Å². The molecule has 0 spiro atoms. The van der Waals surface area contributed by atoms with Crippen LogP contribution in [-0.2, 0) is 52.7 Å².